The zero-order valence-electron chi connectivity index (χ0n) is 13.9. The predicted molar refractivity (Wildman–Crippen MR) is 95.4 cm³/mol. The van der Waals surface area contributed by atoms with E-state index in [1.54, 1.807) is 7.11 Å². The monoisotopic (exact) mass is 333 g/mol. The van der Waals surface area contributed by atoms with Crippen LogP contribution in [0.3, 0.4) is 0 Å². The Morgan fingerprint density at radius 1 is 1.17 bits per heavy atom. The molecule has 124 valence electrons. The molecule has 0 radical (unpaired) electrons. The van der Waals surface area contributed by atoms with E-state index in [0.29, 0.717) is 17.7 Å². The highest BCUT2D eigenvalue weighted by Crippen LogP contribution is 2.32. The number of halogens is 1. The summed E-state index contributed by atoms with van der Waals surface area (Å²) in [5.41, 5.74) is 2.12. The van der Waals surface area contributed by atoms with Crippen molar-refractivity contribution < 1.29 is 9.47 Å². The van der Waals surface area contributed by atoms with E-state index in [1.807, 2.05) is 36.4 Å². The van der Waals surface area contributed by atoms with Crippen LogP contribution >= 0.6 is 11.6 Å². The van der Waals surface area contributed by atoms with Crippen LogP contribution in [-0.4, -0.2) is 13.2 Å². The second kappa shape index (κ2) is 8.80. The maximum Gasteiger partial charge on any atom is 0.166 e. The van der Waals surface area contributed by atoms with Gasteiger partial charge in [0.1, 0.15) is 6.61 Å². The van der Waals surface area contributed by atoms with E-state index in [0.717, 1.165) is 35.6 Å². The Kier molecular flexibility index (Phi) is 6.75. The Morgan fingerprint density at radius 3 is 2.65 bits per heavy atom. The van der Waals surface area contributed by atoms with E-state index >= 15 is 0 Å². The number of benzene rings is 2. The minimum absolute atomic E-state index is 0.456. The molecule has 2 aromatic carbocycles. The molecule has 1 atom stereocenters. The number of para-hydroxylation sites is 1. The summed E-state index contributed by atoms with van der Waals surface area (Å²) in [4.78, 5) is 0. The molecule has 0 saturated carbocycles. The average Bonchev–Trinajstić information content (AvgIpc) is 2.57. The third-order valence-corrected chi connectivity index (χ3v) is 4.04. The molecule has 23 heavy (non-hydrogen) atoms. The summed E-state index contributed by atoms with van der Waals surface area (Å²) < 4.78 is 11.5. The average molecular weight is 334 g/mol. The molecule has 4 heteroatoms. The van der Waals surface area contributed by atoms with Gasteiger partial charge in [-0.3, -0.25) is 0 Å². The molecule has 2 aromatic rings. The first kappa shape index (κ1) is 17.6. The molecule has 0 spiro atoms. The summed E-state index contributed by atoms with van der Waals surface area (Å²) in [6.07, 6.45) is 1.09. The summed E-state index contributed by atoms with van der Waals surface area (Å²) in [7, 11) is 1.66. The van der Waals surface area contributed by atoms with Crippen molar-refractivity contribution >= 4 is 11.6 Å². The summed E-state index contributed by atoms with van der Waals surface area (Å²) in [6.45, 7) is 5.54. The van der Waals surface area contributed by atoms with Gasteiger partial charge >= 0.3 is 0 Å². The SMILES string of the molecule is CCC(C)NCc1cccc(OC)c1OCc1cccc(Cl)c1. The zero-order valence-corrected chi connectivity index (χ0v) is 14.7. The number of hydrogen-bond acceptors (Lipinski definition) is 3. The Morgan fingerprint density at radius 2 is 1.96 bits per heavy atom. The molecule has 0 bridgehead atoms. The largest absolute Gasteiger partial charge is 0.493 e. The van der Waals surface area contributed by atoms with Crippen LogP contribution in [0.25, 0.3) is 0 Å². The normalized spacial score (nSPS) is 12.0. The summed E-state index contributed by atoms with van der Waals surface area (Å²) in [5.74, 6) is 1.53. The summed E-state index contributed by atoms with van der Waals surface area (Å²) in [5, 5.41) is 4.20. The van der Waals surface area contributed by atoms with Gasteiger partial charge in [-0.1, -0.05) is 42.8 Å². The molecule has 0 aliphatic heterocycles. The first-order valence-electron chi connectivity index (χ1n) is 7.90. The number of ether oxygens (including phenoxy) is 2. The molecule has 0 aliphatic rings. The summed E-state index contributed by atoms with van der Waals surface area (Å²) in [6, 6.07) is 14.1. The molecular weight excluding hydrogens is 310 g/mol. The summed E-state index contributed by atoms with van der Waals surface area (Å²) >= 11 is 6.03. The van der Waals surface area contributed by atoms with E-state index in [2.05, 4.69) is 25.2 Å². The van der Waals surface area contributed by atoms with Gasteiger partial charge in [-0.25, -0.2) is 0 Å². The van der Waals surface area contributed by atoms with Crippen LogP contribution in [-0.2, 0) is 13.2 Å². The third-order valence-electron chi connectivity index (χ3n) is 3.81. The van der Waals surface area contributed by atoms with Gasteiger partial charge in [0.15, 0.2) is 11.5 Å². The van der Waals surface area contributed by atoms with Crippen LogP contribution in [0.2, 0.25) is 5.02 Å². The van der Waals surface area contributed by atoms with Crippen LogP contribution < -0.4 is 14.8 Å². The minimum atomic E-state index is 0.456. The highest BCUT2D eigenvalue weighted by atomic mass is 35.5. The smallest absolute Gasteiger partial charge is 0.166 e. The topological polar surface area (TPSA) is 30.5 Å². The number of rotatable bonds is 8. The van der Waals surface area contributed by atoms with Crippen molar-refractivity contribution in [1.82, 2.24) is 5.32 Å². The lowest BCUT2D eigenvalue weighted by Crippen LogP contribution is -2.24. The van der Waals surface area contributed by atoms with Crippen LogP contribution in [0.15, 0.2) is 42.5 Å². The van der Waals surface area contributed by atoms with Gasteiger partial charge in [-0.2, -0.15) is 0 Å². The fourth-order valence-electron chi connectivity index (χ4n) is 2.24. The van der Waals surface area contributed by atoms with Crippen LogP contribution in [0.1, 0.15) is 31.4 Å². The quantitative estimate of drug-likeness (QED) is 0.751. The number of nitrogens with one attached hydrogen (secondary N) is 1. The molecule has 1 unspecified atom stereocenters. The first-order valence-corrected chi connectivity index (χ1v) is 8.28. The Bertz CT molecular complexity index is 631. The van der Waals surface area contributed by atoms with E-state index in [4.69, 9.17) is 21.1 Å². The Labute approximate surface area is 143 Å². The number of methoxy groups -OCH3 is 1. The molecule has 0 saturated heterocycles. The highest BCUT2D eigenvalue weighted by Gasteiger charge is 2.11. The molecule has 1 N–H and O–H groups in total. The standard InChI is InChI=1S/C19H24ClNO2/c1-4-14(2)21-12-16-8-6-10-18(22-3)19(16)23-13-15-7-5-9-17(20)11-15/h5-11,14,21H,4,12-13H2,1-3H3. The van der Waals surface area contributed by atoms with Gasteiger partial charge in [0.2, 0.25) is 0 Å². The van der Waals surface area contributed by atoms with Gasteiger partial charge < -0.3 is 14.8 Å². The van der Waals surface area contributed by atoms with E-state index in [-0.39, 0.29) is 0 Å². The highest BCUT2D eigenvalue weighted by molar-refractivity contribution is 6.30. The Hall–Kier alpha value is -1.71. The van der Waals surface area contributed by atoms with Gasteiger partial charge in [0, 0.05) is 23.2 Å². The van der Waals surface area contributed by atoms with Crippen LogP contribution in [0.5, 0.6) is 11.5 Å². The molecule has 0 aromatic heterocycles. The van der Waals surface area contributed by atoms with Crippen molar-refractivity contribution in [3.8, 4) is 11.5 Å². The molecule has 3 nitrogen and oxygen atoms in total. The van der Waals surface area contributed by atoms with Crippen LogP contribution in [0.4, 0.5) is 0 Å². The molecule has 0 fully saturated rings. The second-order valence-corrected chi connectivity index (χ2v) is 5.99. The number of hydrogen-bond donors (Lipinski definition) is 1. The lowest BCUT2D eigenvalue weighted by molar-refractivity contribution is 0.280. The van der Waals surface area contributed by atoms with E-state index in [1.165, 1.54) is 0 Å². The second-order valence-electron chi connectivity index (χ2n) is 5.56. The molecule has 2 rings (SSSR count). The maximum absolute atomic E-state index is 6.04. The molecule has 0 heterocycles. The minimum Gasteiger partial charge on any atom is -0.493 e. The molecule has 0 amide bonds. The van der Waals surface area contributed by atoms with Gasteiger partial charge in [-0.05, 0) is 37.1 Å². The van der Waals surface area contributed by atoms with Gasteiger partial charge in [-0.15, -0.1) is 0 Å². The maximum atomic E-state index is 6.04. The van der Waals surface area contributed by atoms with Crippen LogP contribution in [0, 0.1) is 0 Å². The van der Waals surface area contributed by atoms with E-state index < -0.39 is 0 Å². The van der Waals surface area contributed by atoms with Crippen molar-refractivity contribution in [3.05, 3.63) is 58.6 Å². The fourth-order valence-corrected chi connectivity index (χ4v) is 2.45. The zero-order chi connectivity index (χ0) is 16.7. The van der Waals surface area contributed by atoms with Crippen molar-refractivity contribution in [2.45, 2.75) is 39.5 Å². The fraction of sp³-hybridized carbons (Fsp3) is 0.368. The van der Waals surface area contributed by atoms with Gasteiger partial charge in [0.25, 0.3) is 0 Å². The Balaban J connectivity index is 2.14. The molecular formula is C19H24ClNO2. The van der Waals surface area contributed by atoms with E-state index in [9.17, 15) is 0 Å². The van der Waals surface area contributed by atoms with Crippen molar-refractivity contribution in [3.63, 3.8) is 0 Å². The predicted octanol–water partition coefficient (Wildman–Crippen LogP) is 4.82. The lowest BCUT2D eigenvalue weighted by atomic mass is 10.1. The molecule has 0 aliphatic carbocycles. The van der Waals surface area contributed by atoms with Crippen molar-refractivity contribution in [2.75, 3.05) is 7.11 Å². The van der Waals surface area contributed by atoms with Crippen molar-refractivity contribution in [1.29, 1.82) is 0 Å². The van der Waals surface area contributed by atoms with Crippen molar-refractivity contribution in [2.24, 2.45) is 0 Å². The first-order chi connectivity index (χ1) is 11.1. The third kappa shape index (κ3) is 5.15. The lowest BCUT2D eigenvalue weighted by Gasteiger charge is -2.17. The van der Waals surface area contributed by atoms with Gasteiger partial charge in [0.05, 0.1) is 7.11 Å².